The van der Waals surface area contributed by atoms with E-state index < -0.39 is 17.9 Å². The SMILES string of the molecule is CCOC(=O)C1=C(C)NC(C)=C(C(=O)OCC)C1c1ccc(NC)cc1. The Balaban J connectivity index is 2.60. The Morgan fingerprint density at radius 1 is 0.962 bits per heavy atom. The van der Waals surface area contributed by atoms with E-state index in [9.17, 15) is 9.59 Å². The molecule has 0 fully saturated rings. The van der Waals surface area contributed by atoms with Crippen LogP contribution in [-0.4, -0.2) is 32.2 Å². The fraction of sp³-hybridized carbons (Fsp3) is 0.400. The van der Waals surface area contributed by atoms with Crippen LogP contribution in [0.3, 0.4) is 0 Å². The van der Waals surface area contributed by atoms with E-state index in [0.29, 0.717) is 22.5 Å². The molecule has 1 aliphatic heterocycles. The van der Waals surface area contributed by atoms with Gasteiger partial charge in [0.25, 0.3) is 0 Å². The first-order valence-corrected chi connectivity index (χ1v) is 8.75. The van der Waals surface area contributed by atoms with E-state index in [2.05, 4.69) is 10.6 Å². The van der Waals surface area contributed by atoms with Gasteiger partial charge in [0.2, 0.25) is 0 Å². The molecule has 0 aliphatic carbocycles. The molecule has 1 heterocycles. The molecule has 0 bridgehead atoms. The zero-order valence-electron chi connectivity index (χ0n) is 15.9. The first kappa shape index (κ1) is 19.6. The fourth-order valence-corrected chi connectivity index (χ4v) is 3.13. The predicted molar refractivity (Wildman–Crippen MR) is 101 cm³/mol. The van der Waals surface area contributed by atoms with Crippen molar-refractivity contribution >= 4 is 17.6 Å². The second-order valence-electron chi connectivity index (χ2n) is 5.95. The molecule has 0 atom stereocenters. The number of carbonyl (C=O) groups excluding carboxylic acids is 2. The number of carbonyl (C=O) groups is 2. The average Bonchev–Trinajstić information content (AvgIpc) is 2.61. The van der Waals surface area contributed by atoms with Gasteiger partial charge >= 0.3 is 11.9 Å². The lowest BCUT2D eigenvalue weighted by Gasteiger charge is -2.30. The number of dihydropyridines is 1. The molecule has 0 unspecified atom stereocenters. The maximum absolute atomic E-state index is 12.6. The van der Waals surface area contributed by atoms with Crippen molar-refractivity contribution in [3.8, 4) is 0 Å². The van der Waals surface area contributed by atoms with Crippen LogP contribution in [0.2, 0.25) is 0 Å². The van der Waals surface area contributed by atoms with E-state index in [4.69, 9.17) is 9.47 Å². The van der Waals surface area contributed by atoms with Crippen LogP contribution in [-0.2, 0) is 19.1 Å². The number of hydrogen-bond acceptors (Lipinski definition) is 6. The van der Waals surface area contributed by atoms with Gasteiger partial charge in [0.1, 0.15) is 0 Å². The summed E-state index contributed by atoms with van der Waals surface area (Å²) in [6.45, 7) is 7.67. The second kappa shape index (κ2) is 8.56. The maximum Gasteiger partial charge on any atom is 0.336 e. The van der Waals surface area contributed by atoms with Gasteiger partial charge in [-0.15, -0.1) is 0 Å². The normalized spacial score (nSPS) is 14.8. The molecule has 0 radical (unpaired) electrons. The van der Waals surface area contributed by atoms with Crippen molar-refractivity contribution in [2.45, 2.75) is 33.6 Å². The van der Waals surface area contributed by atoms with Gasteiger partial charge in [-0.05, 0) is 45.4 Å². The highest BCUT2D eigenvalue weighted by atomic mass is 16.5. The van der Waals surface area contributed by atoms with E-state index in [1.807, 2.05) is 45.2 Å². The Labute approximate surface area is 154 Å². The zero-order chi connectivity index (χ0) is 19.3. The van der Waals surface area contributed by atoms with Crippen LogP contribution in [0.25, 0.3) is 0 Å². The Morgan fingerprint density at radius 3 is 1.81 bits per heavy atom. The number of rotatable bonds is 6. The van der Waals surface area contributed by atoms with E-state index in [1.165, 1.54) is 0 Å². The predicted octanol–water partition coefficient (Wildman–Crippen LogP) is 3.09. The number of hydrogen-bond donors (Lipinski definition) is 2. The van der Waals surface area contributed by atoms with Crippen molar-refractivity contribution in [3.05, 3.63) is 52.4 Å². The van der Waals surface area contributed by atoms with Crippen LogP contribution in [0.1, 0.15) is 39.2 Å². The summed E-state index contributed by atoms with van der Waals surface area (Å²) in [5, 5.41) is 6.19. The molecule has 140 valence electrons. The van der Waals surface area contributed by atoms with Crippen molar-refractivity contribution in [1.29, 1.82) is 0 Å². The highest BCUT2D eigenvalue weighted by molar-refractivity contribution is 5.99. The number of anilines is 1. The molecule has 1 aliphatic rings. The number of benzene rings is 1. The van der Waals surface area contributed by atoms with Crippen molar-refractivity contribution in [2.75, 3.05) is 25.6 Å². The summed E-state index contributed by atoms with van der Waals surface area (Å²) in [5.41, 5.74) is 3.98. The molecule has 2 rings (SSSR count). The third-order valence-corrected chi connectivity index (χ3v) is 4.28. The molecule has 0 aromatic heterocycles. The summed E-state index contributed by atoms with van der Waals surface area (Å²) in [6.07, 6.45) is 0. The van der Waals surface area contributed by atoms with E-state index in [0.717, 1.165) is 11.3 Å². The second-order valence-corrected chi connectivity index (χ2v) is 5.95. The van der Waals surface area contributed by atoms with Crippen LogP contribution >= 0.6 is 0 Å². The van der Waals surface area contributed by atoms with E-state index in [1.54, 1.807) is 13.8 Å². The van der Waals surface area contributed by atoms with Crippen LogP contribution in [0.15, 0.2) is 46.8 Å². The topological polar surface area (TPSA) is 76.7 Å². The number of esters is 2. The molecular weight excluding hydrogens is 332 g/mol. The van der Waals surface area contributed by atoms with Gasteiger partial charge in [-0.1, -0.05) is 12.1 Å². The lowest BCUT2D eigenvalue weighted by atomic mass is 9.80. The average molecular weight is 358 g/mol. The molecule has 0 spiro atoms. The Hall–Kier alpha value is -2.76. The van der Waals surface area contributed by atoms with E-state index >= 15 is 0 Å². The molecule has 6 nitrogen and oxygen atoms in total. The van der Waals surface area contributed by atoms with Crippen LogP contribution in [0.5, 0.6) is 0 Å². The first-order chi connectivity index (χ1) is 12.4. The van der Waals surface area contributed by atoms with Gasteiger partial charge in [0.15, 0.2) is 0 Å². The highest BCUT2D eigenvalue weighted by Crippen LogP contribution is 2.39. The fourth-order valence-electron chi connectivity index (χ4n) is 3.13. The minimum Gasteiger partial charge on any atom is -0.463 e. The molecule has 6 heteroatoms. The van der Waals surface area contributed by atoms with Crippen LogP contribution < -0.4 is 10.6 Å². The zero-order valence-corrected chi connectivity index (χ0v) is 15.9. The number of allylic oxidation sites excluding steroid dienone is 2. The summed E-state index contributed by atoms with van der Waals surface area (Å²) < 4.78 is 10.5. The smallest absolute Gasteiger partial charge is 0.336 e. The van der Waals surface area contributed by atoms with Gasteiger partial charge in [0.05, 0.1) is 30.3 Å². The molecule has 1 aromatic carbocycles. The summed E-state index contributed by atoms with van der Waals surface area (Å²) >= 11 is 0. The lowest BCUT2D eigenvalue weighted by molar-refractivity contribution is -0.139. The van der Waals surface area contributed by atoms with Gasteiger partial charge in [-0.3, -0.25) is 0 Å². The largest absolute Gasteiger partial charge is 0.463 e. The molecule has 0 amide bonds. The third-order valence-electron chi connectivity index (χ3n) is 4.28. The third kappa shape index (κ3) is 3.90. The van der Waals surface area contributed by atoms with Gasteiger partial charge < -0.3 is 20.1 Å². The molecule has 2 N–H and O–H groups in total. The first-order valence-electron chi connectivity index (χ1n) is 8.75. The molecule has 0 saturated carbocycles. The summed E-state index contributed by atoms with van der Waals surface area (Å²) in [4.78, 5) is 25.3. The van der Waals surface area contributed by atoms with Gasteiger partial charge in [-0.2, -0.15) is 0 Å². The van der Waals surface area contributed by atoms with Gasteiger partial charge in [-0.25, -0.2) is 9.59 Å². The number of nitrogens with one attached hydrogen (secondary N) is 2. The standard InChI is InChI=1S/C20H26N2O4/c1-6-25-19(23)16-12(3)22-13(4)17(20(24)26-7-2)18(16)14-8-10-15(21-5)11-9-14/h8-11,18,21-22H,6-7H2,1-5H3. The van der Waals surface area contributed by atoms with Crippen molar-refractivity contribution in [3.63, 3.8) is 0 Å². The Kier molecular flexibility index (Phi) is 6.44. The quantitative estimate of drug-likeness (QED) is 0.761. The Bertz CT molecular complexity index is 708. The summed E-state index contributed by atoms with van der Waals surface area (Å²) in [5.74, 6) is -1.41. The maximum atomic E-state index is 12.6. The minimum absolute atomic E-state index is 0.262. The van der Waals surface area contributed by atoms with Crippen LogP contribution in [0, 0.1) is 0 Å². The minimum atomic E-state index is -0.541. The molecule has 1 aromatic rings. The monoisotopic (exact) mass is 358 g/mol. The lowest BCUT2D eigenvalue weighted by Crippen LogP contribution is -2.32. The van der Waals surface area contributed by atoms with Gasteiger partial charge in [0, 0.05) is 24.1 Å². The van der Waals surface area contributed by atoms with Crippen molar-refractivity contribution < 1.29 is 19.1 Å². The Morgan fingerprint density at radius 2 is 1.42 bits per heavy atom. The highest BCUT2D eigenvalue weighted by Gasteiger charge is 2.37. The van der Waals surface area contributed by atoms with Crippen molar-refractivity contribution in [2.24, 2.45) is 0 Å². The molecular formula is C20H26N2O4. The van der Waals surface area contributed by atoms with Crippen LogP contribution in [0.4, 0.5) is 5.69 Å². The van der Waals surface area contributed by atoms with Crippen molar-refractivity contribution in [1.82, 2.24) is 5.32 Å². The van der Waals surface area contributed by atoms with E-state index in [-0.39, 0.29) is 13.2 Å². The summed E-state index contributed by atoms with van der Waals surface area (Å²) in [6, 6.07) is 7.63. The summed E-state index contributed by atoms with van der Waals surface area (Å²) in [7, 11) is 1.84. The molecule has 0 saturated heterocycles. The number of ether oxygens (including phenoxy) is 2. The molecule has 26 heavy (non-hydrogen) atoms.